The Kier molecular flexibility index (Phi) is 5.29. The summed E-state index contributed by atoms with van der Waals surface area (Å²) in [4.78, 5) is 13.7. The molecule has 0 amide bonds. The Morgan fingerprint density at radius 1 is 1.08 bits per heavy atom. The first-order valence-corrected chi connectivity index (χ1v) is 11.9. The van der Waals surface area contributed by atoms with Crippen molar-refractivity contribution in [3.05, 3.63) is 80.7 Å². The van der Waals surface area contributed by atoms with Crippen molar-refractivity contribution >= 4 is 34.1 Å². The standard InChI is InChI=1S/C24H19Cl2F2N7O/c1-12-22-23(21(31-35(22)6-5-29-12)13-9-15(25)20(28)16(26)10-13)34-8-7-33(24(34)36)18-4-3-17-14(19(18)27)11-30-32(17)2/h3-4,7-12,29H,5-6H2,1-2H3/t12-/m0/s1. The number of hydrogen-bond donors (Lipinski definition) is 1. The summed E-state index contributed by atoms with van der Waals surface area (Å²) < 4.78 is 35.6. The molecule has 5 aromatic rings. The third-order valence-corrected chi connectivity index (χ3v) is 7.08. The molecule has 12 heteroatoms. The van der Waals surface area contributed by atoms with Gasteiger partial charge in [-0.25, -0.2) is 13.6 Å². The van der Waals surface area contributed by atoms with Gasteiger partial charge in [-0.05, 0) is 31.2 Å². The van der Waals surface area contributed by atoms with Crippen molar-refractivity contribution in [1.82, 2.24) is 34.0 Å². The number of nitrogens with zero attached hydrogens (tertiary/aromatic N) is 6. The Hall–Kier alpha value is -3.47. The molecule has 0 unspecified atom stereocenters. The molecule has 0 saturated heterocycles. The van der Waals surface area contributed by atoms with Gasteiger partial charge in [0.05, 0.1) is 45.1 Å². The van der Waals surface area contributed by atoms with Gasteiger partial charge in [0.25, 0.3) is 0 Å². The summed E-state index contributed by atoms with van der Waals surface area (Å²) in [5, 5.41) is 12.2. The highest BCUT2D eigenvalue weighted by Gasteiger charge is 2.29. The highest BCUT2D eigenvalue weighted by Crippen LogP contribution is 2.37. The Labute approximate surface area is 213 Å². The van der Waals surface area contributed by atoms with Crippen molar-refractivity contribution in [1.29, 1.82) is 0 Å². The van der Waals surface area contributed by atoms with E-state index in [1.54, 1.807) is 30.1 Å². The summed E-state index contributed by atoms with van der Waals surface area (Å²) in [6, 6.07) is 5.98. The quantitative estimate of drug-likeness (QED) is 0.346. The van der Waals surface area contributed by atoms with Crippen LogP contribution in [0.2, 0.25) is 10.0 Å². The number of nitrogens with one attached hydrogen (secondary N) is 1. The molecule has 0 radical (unpaired) electrons. The van der Waals surface area contributed by atoms with Crippen LogP contribution in [0.5, 0.6) is 0 Å². The van der Waals surface area contributed by atoms with Crippen LogP contribution in [0.3, 0.4) is 0 Å². The van der Waals surface area contributed by atoms with E-state index in [9.17, 15) is 9.18 Å². The topological polar surface area (TPSA) is 74.6 Å². The Morgan fingerprint density at radius 2 is 1.81 bits per heavy atom. The minimum Gasteiger partial charge on any atom is -0.307 e. The molecule has 2 aromatic carbocycles. The highest BCUT2D eigenvalue weighted by molar-refractivity contribution is 6.35. The van der Waals surface area contributed by atoms with Crippen molar-refractivity contribution in [3.63, 3.8) is 0 Å². The van der Waals surface area contributed by atoms with Gasteiger partial charge in [0.15, 0.2) is 11.6 Å². The molecule has 1 aliphatic rings. The molecule has 0 aliphatic carbocycles. The SMILES string of the molecule is C[C@@H]1NCCn2nc(-c3cc(Cl)c(F)c(Cl)c3)c(-n3ccn(-c4ccc5c(cnn5C)c4F)c3=O)c21. The van der Waals surface area contributed by atoms with Gasteiger partial charge >= 0.3 is 5.69 Å². The van der Waals surface area contributed by atoms with E-state index in [0.29, 0.717) is 40.9 Å². The first-order valence-electron chi connectivity index (χ1n) is 11.2. The van der Waals surface area contributed by atoms with E-state index in [1.165, 1.54) is 33.7 Å². The maximum absolute atomic E-state index is 15.4. The zero-order valence-electron chi connectivity index (χ0n) is 19.1. The molecule has 1 N–H and O–H groups in total. The second-order valence-electron chi connectivity index (χ2n) is 8.66. The molecule has 1 atom stereocenters. The fourth-order valence-corrected chi connectivity index (χ4v) is 5.26. The molecule has 1 aliphatic heterocycles. The largest absolute Gasteiger partial charge is 0.337 e. The second kappa shape index (κ2) is 8.29. The van der Waals surface area contributed by atoms with E-state index >= 15 is 4.39 Å². The lowest BCUT2D eigenvalue weighted by atomic mass is 10.1. The fourth-order valence-electron chi connectivity index (χ4n) is 4.77. The molecule has 4 heterocycles. The normalized spacial score (nSPS) is 15.6. The van der Waals surface area contributed by atoms with Gasteiger partial charge in [0.1, 0.15) is 11.4 Å². The molecule has 0 saturated carbocycles. The number of imidazole rings is 1. The number of benzene rings is 2. The number of hydrogen-bond acceptors (Lipinski definition) is 4. The van der Waals surface area contributed by atoms with Crippen LogP contribution in [0.25, 0.3) is 33.5 Å². The van der Waals surface area contributed by atoms with Crippen LogP contribution in [-0.2, 0) is 13.6 Å². The van der Waals surface area contributed by atoms with Crippen molar-refractivity contribution in [2.45, 2.75) is 19.5 Å². The number of aromatic nitrogens is 6. The Morgan fingerprint density at radius 3 is 2.56 bits per heavy atom. The molecule has 36 heavy (non-hydrogen) atoms. The predicted octanol–water partition coefficient (Wildman–Crippen LogP) is 4.63. The van der Waals surface area contributed by atoms with E-state index in [1.807, 2.05) is 11.6 Å². The predicted molar refractivity (Wildman–Crippen MR) is 133 cm³/mol. The van der Waals surface area contributed by atoms with Gasteiger partial charge < -0.3 is 5.32 Å². The van der Waals surface area contributed by atoms with Gasteiger partial charge in [-0.1, -0.05) is 23.2 Å². The summed E-state index contributed by atoms with van der Waals surface area (Å²) in [5.74, 6) is -1.28. The molecule has 184 valence electrons. The number of halogens is 4. The molecule has 0 spiro atoms. The molecule has 0 bridgehead atoms. The summed E-state index contributed by atoms with van der Waals surface area (Å²) in [6.07, 6.45) is 4.49. The van der Waals surface area contributed by atoms with E-state index < -0.39 is 17.3 Å². The number of fused-ring (bicyclic) bond motifs is 2. The molecule has 0 fully saturated rings. The van der Waals surface area contributed by atoms with Gasteiger partial charge in [0, 0.05) is 37.6 Å². The lowest BCUT2D eigenvalue weighted by molar-refractivity contribution is 0.419. The molecular weight excluding hydrogens is 511 g/mol. The van der Waals surface area contributed by atoms with Gasteiger partial charge in [0.2, 0.25) is 0 Å². The maximum Gasteiger partial charge on any atom is 0.337 e. The lowest BCUT2D eigenvalue weighted by Gasteiger charge is -2.23. The van der Waals surface area contributed by atoms with E-state index in [0.717, 1.165) is 5.69 Å². The highest BCUT2D eigenvalue weighted by atomic mass is 35.5. The Bertz CT molecular complexity index is 1710. The summed E-state index contributed by atoms with van der Waals surface area (Å²) in [5.41, 5.74) is 2.33. The summed E-state index contributed by atoms with van der Waals surface area (Å²) in [7, 11) is 1.72. The summed E-state index contributed by atoms with van der Waals surface area (Å²) >= 11 is 12.2. The fraction of sp³-hybridized carbons (Fsp3) is 0.208. The van der Waals surface area contributed by atoms with Crippen molar-refractivity contribution < 1.29 is 8.78 Å². The Balaban J connectivity index is 1.59. The van der Waals surface area contributed by atoms with Crippen LogP contribution in [0, 0.1) is 11.6 Å². The van der Waals surface area contributed by atoms with E-state index in [-0.39, 0.29) is 21.8 Å². The molecular formula is C24H19Cl2F2N7O. The third-order valence-electron chi connectivity index (χ3n) is 6.53. The van der Waals surface area contributed by atoms with E-state index in [2.05, 4.69) is 10.4 Å². The number of aryl methyl sites for hydroxylation is 1. The van der Waals surface area contributed by atoms with Crippen molar-refractivity contribution in [2.24, 2.45) is 7.05 Å². The number of rotatable bonds is 3. The van der Waals surface area contributed by atoms with Crippen molar-refractivity contribution in [2.75, 3.05) is 6.54 Å². The van der Waals surface area contributed by atoms with Crippen LogP contribution in [0.4, 0.5) is 8.78 Å². The van der Waals surface area contributed by atoms with Crippen LogP contribution in [0.15, 0.2) is 47.7 Å². The summed E-state index contributed by atoms with van der Waals surface area (Å²) in [6.45, 7) is 3.21. The average molecular weight is 530 g/mol. The minimum absolute atomic E-state index is 0.0980. The molecule has 3 aromatic heterocycles. The van der Waals surface area contributed by atoms with Crippen molar-refractivity contribution in [3.8, 4) is 22.6 Å². The van der Waals surface area contributed by atoms with Crippen LogP contribution >= 0.6 is 23.2 Å². The maximum atomic E-state index is 15.4. The van der Waals surface area contributed by atoms with Gasteiger partial charge in [-0.3, -0.25) is 18.5 Å². The second-order valence-corrected chi connectivity index (χ2v) is 9.47. The van der Waals surface area contributed by atoms with Crippen LogP contribution in [0.1, 0.15) is 18.7 Å². The zero-order valence-corrected chi connectivity index (χ0v) is 20.6. The molecule has 6 rings (SSSR count). The monoisotopic (exact) mass is 529 g/mol. The van der Waals surface area contributed by atoms with E-state index in [4.69, 9.17) is 28.3 Å². The zero-order chi connectivity index (χ0) is 25.3. The average Bonchev–Trinajstić information content (AvgIpc) is 3.53. The lowest BCUT2D eigenvalue weighted by Crippen LogP contribution is -2.33. The van der Waals surface area contributed by atoms with Gasteiger partial charge in [-0.15, -0.1) is 0 Å². The molecule has 8 nitrogen and oxygen atoms in total. The minimum atomic E-state index is -0.729. The first-order chi connectivity index (χ1) is 17.3. The van der Waals surface area contributed by atoms with Crippen LogP contribution < -0.4 is 11.0 Å². The van der Waals surface area contributed by atoms with Crippen LogP contribution in [-0.4, -0.2) is 35.2 Å². The first kappa shape index (κ1) is 23.0. The third kappa shape index (κ3) is 3.32. The smallest absolute Gasteiger partial charge is 0.307 e. The van der Waals surface area contributed by atoms with Gasteiger partial charge in [-0.2, -0.15) is 10.2 Å².